The van der Waals surface area contributed by atoms with Gasteiger partial charge in [0.1, 0.15) is 11.2 Å². The first kappa shape index (κ1) is 15.1. The molecule has 0 aliphatic carbocycles. The van der Waals surface area contributed by atoms with Crippen molar-refractivity contribution in [2.24, 2.45) is 0 Å². The van der Waals surface area contributed by atoms with Gasteiger partial charge in [0.25, 0.3) is 0 Å². The van der Waals surface area contributed by atoms with E-state index in [1.807, 2.05) is 0 Å². The van der Waals surface area contributed by atoms with Gasteiger partial charge < -0.3 is 9.64 Å². The summed E-state index contributed by atoms with van der Waals surface area (Å²) in [6.45, 7) is 4.03. The Morgan fingerprint density at radius 2 is 2.20 bits per heavy atom. The van der Waals surface area contributed by atoms with Crippen LogP contribution in [0.5, 0.6) is 0 Å². The molecule has 0 spiro atoms. The molecule has 0 radical (unpaired) electrons. The molecule has 8 heteroatoms. The van der Waals surface area contributed by atoms with Crippen LogP contribution in [0.4, 0.5) is 0 Å². The van der Waals surface area contributed by atoms with Crippen molar-refractivity contribution in [3.8, 4) is 0 Å². The molecule has 2 rings (SSSR count). The van der Waals surface area contributed by atoms with Crippen LogP contribution in [0.2, 0.25) is 0 Å². The predicted molar refractivity (Wildman–Crippen MR) is 74.0 cm³/mol. The first-order chi connectivity index (χ1) is 9.54. The molecule has 7 nitrogen and oxygen atoms in total. The molecule has 2 heterocycles. The van der Waals surface area contributed by atoms with E-state index in [-0.39, 0.29) is 11.6 Å². The number of hydrogen-bond donors (Lipinski definition) is 0. The minimum atomic E-state index is -0.543. The Labute approximate surface area is 122 Å². The van der Waals surface area contributed by atoms with E-state index in [9.17, 15) is 9.59 Å². The van der Waals surface area contributed by atoms with Crippen molar-refractivity contribution in [2.75, 3.05) is 26.8 Å². The molecule has 1 aromatic rings. The van der Waals surface area contributed by atoms with E-state index in [2.05, 4.69) is 5.10 Å². The molecular formula is C12H19ClN4O3. The topological polar surface area (TPSA) is 69.4 Å². The average Bonchev–Trinajstić information content (AvgIpc) is 2.61. The lowest BCUT2D eigenvalue weighted by Gasteiger charge is -2.21. The number of aromatic nitrogens is 3. The van der Waals surface area contributed by atoms with Crippen molar-refractivity contribution in [2.45, 2.75) is 31.8 Å². The molecule has 1 atom stereocenters. The molecule has 0 saturated heterocycles. The summed E-state index contributed by atoms with van der Waals surface area (Å²) in [4.78, 5) is 25.7. The van der Waals surface area contributed by atoms with Crippen LogP contribution in [-0.4, -0.2) is 57.3 Å². The minimum absolute atomic E-state index is 0.0999. The van der Waals surface area contributed by atoms with Gasteiger partial charge in [0, 0.05) is 33.2 Å². The summed E-state index contributed by atoms with van der Waals surface area (Å²) in [5.41, 5.74) is -0.148. The molecule has 1 aliphatic rings. The average molecular weight is 303 g/mol. The summed E-state index contributed by atoms with van der Waals surface area (Å²) in [5.74, 6) is 0.612. The Hall–Kier alpha value is -1.34. The van der Waals surface area contributed by atoms with E-state index in [0.717, 1.165) is 0 Å². The van der Waals surface area contributed by atoms with Crippen molar-refractivity contribution < 1.29 is 9.53 Å². The zero-order valence-electron chi connectivity index (χ0n) is 11.7. The number of carbonyl (C=O) groups excluding carboxylic acids is 1. The standard InChI is InChI=1S/C12H19ClN4O3/c1-9(13)11(18)15-4-3-10-14-17(7-8-20-2)12(19)16(10)6-5-15/h9H,3-8H2,1-2H3. The molecule has 0 bridgehead atoms. The van der Waals surface area contributed by atoms with Gasteiger partial charge in [-0.2, -0.15) is 5.10 Å². The normalized spacial score (nSPS) is 16.6. The van der Waals surface area contributed by atoms with Crippen LogP contribution in [0, 0.1) is 0 Å². The number of rotatable bonds is 4. The van der Waals surface area contributed by atoms with Crippen LogP contribution in [-0.2, 0) is 29.0 Å². The number of amides is 1. The van der Waals surface area contributed by atoms with Crippen LogP contribution < -0.4 is 5.69 Å². The smallest absolute Gasteiger partial charge is 0.346 e. The fourth-order valence-electron chi connectivity index (χ4n) is 2.26. The summed E-state index contributed by atoms with van der Waals surface area (Å²) >= 11 is 5.82. The molecular weight excluding hydrogens is 284 g/mol. The highest BCUT2D eigenvalue weighted by Gasteiger charge is 2.24. The van der Waals surface area contributed by atoms with Crippen LogP contribution in [0.15, 0.2) is 4.79 Å². The van der Waals surface area contributed by atoms with Gasteiger partial charge >= 0.3 is 5.69 Å². The largest absolute Gasteiger partial charge is 0.383 e. The summed E-state index contributed by atoms with van der Waals surface area (Å²) in [5, 5.41) is 3.76. The van der Waals surface area contributed by atoms with Crippen LogP contribution in [0.1, 0.15) is 12.7 Å². The van der Waals surface area contributed by atoms with E-state index in [4.69, 9.17) is 16.3 Å². The van der Waals surface area contributed by atoms with Crippen molar-refractivity contribution >= 4 is 17.5 Å². The van der Waals surface area contributed by atoms with Gasteiger partial charge in [0.2, 0.25) is 5.91 Å². The van der Waals surface area contributed by atoms with E-state index in [0.29, 0.717) is 45.0 Å². The number of ether oxygens (including phenoxy) is 1. The third kappa shape index (κ3) is 3.04. The van der Waals surface area contributed by atoms with E-state index < -0.39 is 5.38 Å². The van der Waals surface area contributed by atoms with Gasteiger partial charge in [-0.25, -0.2) is 9.48 Å². The molecule has 112 valence electrons. The van der Waals surface area contributed by atoms with Gasteiger partial charge in [-0.15, -0.1) is 11.6 Å². The van der Waals surface area contributed by atoms with E-state index in [1.54, 1.807) is 23.5 Å². The Morgan fingerprint density at radius 3 is 2.85 bits per heavy atom. The van der Waals surface area contributed by atoms with E-state index >= 15 is 0 Å². The number of halogens is 1. The van der Waals surface area contributed by atoms with Gasteiger partial charge in [-0.05, 0) is 6.92 Å². The van der Waals surface area contributed by atoms with Gasteiger partial charge in [-0.3, -0.25) is 9.36 Å². The van der Waals surface area contributed by atoms with E-state index in [1.165, 1.54) is 4.68 Å². The van der Waals surface area contributed by atoms with Gasteiger partial charge in [-0.1, -0.05) is 0 Å². The molecule has 20 heavy (non-hydrogen) atoms. The molecule has 1 aromatic heterocycles. The fraction of sp³-hybridized carbons (Fsp3) is 0.750. The quantitative estimate of drug-likeness (QED) is 0.716. The molecule has 1 amide bonds. The number of methoxy groups -OCH3 is 1. The lowest BCUT2D eigenvalue weighted by atomic mass is 10.3. The zero-order chi connectivity index (χ0) is 14.7. The van der Waals surface area contributed by atoms with Crippen molar-refractivity contribution in [3.63, 3.8) is 0 Å². The zero-order valence-corrected chi connectivity index (χ0v) is 12.5. The second kappa shape index (κ2) is 6.41. The Morgan fingerprint density at radius 1 is 1.45 bits per heavy atom. The fourth-order valence-corrected chi connectivity index (χ4v) is 2.40. The third-order valence-corrected chi connectivity index (χ3v) is 3.54. The second-order valence-corrected chi connectivity index (χ2v) is 5.41. The highest BCUT2D eigenvalue weighted by atomic mass is 35.5. The SMILES string of the molecule is COCCn1nc2n(c1=O)CCN(C(=O)C(C)Cl)CC2. The maximum absolute atomic E-state index is 12.2. The monoisotopic (exact) mass is 302 g/mol. The maximum Gasteiger partial charge on any atom is 0.346 e. The Bertz CT molecular complexity index is 537. The molecule has 1 aliphatic heterocycles. The number of carbonyl (C=O) groups is 1. The summed E-state index contributed by atoms with van der Waals surface area (Å²) in [6.07, 6.45) is 0.560. The Kier molecular flexibility index (Phi) is 4.82. The third-order valence-electron chi connectivity index (χ3n) is 3.36. The number of fused-ring (bicyclic) bond motifs is 1. The first-order valence-electron chi connectivity index (χ1n) is 6.63. The number of nitrogens with zero attached hydrogens (tertiary/aromatic N) is 4. The number of hydrogen-bond acceptors (Lipinski definition) is 4. The van der Waals surface area contributed by atoms with Crippen molar-refractivity contribution in [3.05, 3.63) is 16.3 Å². The predicted octanol–water partition coefficient (Wildman–Crippen LogP) is -0.297. The highest BCUT2D eigenvalue weighted by molar-refractivity contribution is 6.30. The van der Waals surface area contributed by atoms with Crippen LogP contribution in [0.25, 0.3) is 0 Å². The second-order valence-electron chi connectivity index (χ2n) is 4.76. The van der Waals surface area contributed by atoms with Gasteiger partial charge in [0.15, 0.2) is 0 Å². The molecule has 0 aromatic carbocycles. The van der Waals surface area contributed by atoms with Crippen LogP contribution in [0.3, 0.4) is 0 Å². The molecule has 1 unspecified atom stereocenters. The summed E-state index contributed by atoms with van der Waals surface area (Å²) < 4.78 is 8.00. The van der Waals surface area contributed by atoms with Gasteiger partial charge in [0.05, 0.1) is 13.2 Å². The van der Waals surface area contributed by atoms with Crippen molar-refractivity contribution in [1.82, 2.24) is 19.2 Å². The number of alkyl halides is 1. The van der Waals surface area contributed by atoms with Crippen molar-refractivity contribution in [1.29, 1.82) is 0 Å². The summed E-state index contributed by atoms with van der Waals surface area (Å²) in [6, 6.07) is 0. The minimum Gasteiger partial charge on any atom is -0.383 e. The maximum atomic E-state index is 12.2. The lowest BCUT2D eigenvalue weighted by molar-refractivity contribution is -0.130. The molecule has 0 N–H and O–H groups in total. The lowest BCUT2D eigenvalue weighted by Crippen LogP contribution is -2.38. The molecule has 0 fully saturated rings. The highest BCUT2D eigenvalue weighted by Crippen LogP contribution is 2.08. The summed E-state index contributed by atoms with van der Waals surface area (Å²) in [7, 11) is 1.59. The van der Waals surface area contributed by atoms with Crippen LogP contribution >= 0.6 is 11.6 Å². The Balaban J connectivity index is 2.12. The first-order valence-corrected chi connectivity index (χ1v) is 7.06. The molecule has 0 saturated carbocycles.